The monoisotopic (exact) mass is 220 g/mol. The second-order valence-corrected chi connectivity index (χ2v) is 3.43. The van der Waals surface area contributed by atoms with Gasteiger partial charge in [0, 0.05) is 24.8 Å². The van der Waals surface area contributed by atoms with Crippen molar-refractivity contribution in [2.24, 2.45) is 0 Å². The molecule has 0 radical (unpaired) electrons. The van der Waals surface area contributed by atoms with Gasteiger partial charge in [0.25, 0.3) is 5.91 Å². The number of Topliss-reactive ketones (excluding diaryl/α,β-unsaturated/α-hetero) is 1. The van der Waals surface area contributed by atoms with E-state index in [2.05, 4.69) is 4.98 Å². The molecule has 4 nitrogen and oxygen atoms in total. The SMILES string of the molecule is CCN(CC)C(=O)c1ncccc1C(C)=O. The maximum absolute atomic E-state index is 12.0. The lowest BCUT2D eigenvalue weighted by Crippen LogP contribution is -2.32. The number of carbonyl (C=O) groups is 2. The summed E-state index contributed by atoms with van der Waals surface area (Å²) in [5.41, 5.74) is 0.637. The van der Waals surface area contributed by atoms with Gasteiger partial charge in [-0.3, -0.25) is 14.6 Å². The predicted molar refractivity (Wildman–Crippen MR) is 61.5 cm³/mol. The summed E-state index contributed by atoms with van der Waals surface area (Å²) in [5, 5.41) is 0. The van der Waals surface area contributed by atoms with Crippen LogP contribution in [-0.2, 0) is 0 Å². The highest BCUT2D eigenvalue weighted by atomic mass is 16.2. The van der Waals surface area contributed by atoms with Gasteiger partial charge in [-0.2, -0.15) is 0 Å². The van der Waals surface area contributed by atoms with Gasteiger partial charge in [-0.1, -0.05) is 0 Å². The van der Waals surface area contributed by atoms with E-state index >= 15 is 0 Å². The molecule has 1 heterocycles. The number of aromatic nitrogens is 1. The first-order valence-electron chi connectivity index (χ1n) is 5.37. The highest BCUT2D eigenvalue weighted by Gasteiger charge is 2.19. The number of carbonyl (C=O) groups excluding carboxylic acids is 2. The fraction of sp³-hybridized carbons (Fsp3) is 0.417. The number of rotatable bonds is 4. The molecule has 1 rings (SSSR count). The van der Waals surface area contributed by atoms with Crippen LogP contribution in [0.4, 0.5) is 0 Å². The number of ketones is 1. The number of hydrogen-bond acceptors (Lipinski definition) is 3. The molecule has 0 aliphatic heterocycles. The molecule has 1 amide bonds. The van der Waals surface area contributed by atoms with Crippen LogP contribution in [0.5, 0.6) is 0 Å². The standard InChI is InChI=1S/C12H16N2O2/c1-4-14(5-2)12(16)11-10(9(3)15)7-6-8-13-11/h6-8H,4-5H2,1-3H3. The van der Waals surface area contributed by atoms with Crippen LogP contribution < -0.4 is 0 Å². The van der Waals surface area contributed by atoms with Crippen LogP contribution in [-0.4, -0.2) is 34.7 Å². The molecule has 0 saturated heterocycles. The van der Waals surface area contributed by atoms with E-state index in [1.54, 1.807) is 17.0 Å². The van der Waals surface area contributed by atoms with Crippen molar-refractivity contribution in [1.29, 1.82) is 0 Å². The number of amides is 1. The molecule has 0 aromatic carbocycles. The topological polar surface area (TPSA) is 50.3 Å². The van der Waals surface area contributed by atoms with Crippen molar-refractivity contribution in [1.82, 2.24) is 9.88 Å². The van der Waals surface area contributed by atoms with E-state index in [9.17, 15) is 9.59 Å². The van der Waals surface area contributed by atoms with Crippen molar-refractivity contribution >= 4 is 11.7 Å². The molecule has 16 heavy (non-hydrogen) atoms. The van der Waals surface area contributed by atoms with Crippen LogP contribution in [0.1, 0.15) is 41.6 Å². The summed E-state index contributed by atoms with van der Waals surface area (Å²) < 4.78 is 0. The third kappa shape index (κ3) is 2.45. The van der Waals surface area contributed by atoms with Gasteiger partial charge in [-0.25, -0.2) is 0 Å². The Morgan fingerprint density at radius 1 is 1.31 bits per heavy atom. The Balaban J connectivity index is 3.12. The Hall–Kier alpha value is -1.71. The smallest absolute Gasteiger partial charge is 0.273 e. The van der Waals surface area contributed by atoms with Gasteiger partial charge >= 0.3 is 0 Å². The van der Waals surface area contributed by atoms with E-state index in [4.69, 9.17) is 0 Å². The lowest BCUT2D eigenvalue weighted by Gasteiger charge is -2.18. The Labute approximate surface area is 95.3 Å². The summed E-state index contributed by atoms with van der Waals surface area (Å²) in [6.07, 6.45) is 1.53. The second kappa shape index (κ2) is 5.39. The number of pyridine rings is 1. The van der Waals surface area contributed by atoms with Gasteiger partial charge in [-0.05, 0) is 32.9 Å². The molecule has 0 fully saturated rings. The van der Waals surface area contributed by atoms with Crippen molar-refractivity contribution < 1.29 is 9.59 Å². The van der Waals surface area contributed by atoms with Crippen LogP contribution in [0.3, 0.4) is 0 Å². The maximum Gasteiger partial charge on any atom is 0.273 e. The summed E-state index contributed by atoms with van der Waals surface area (Å²) >= 11 is 0. The van der Waals surface area contributed by atoms with E-state index in [-0.39, 0.29) is 17.4 Å². The fourth-order valence-corrected chi connectivity index (χ4v) is 1.52. The van der Waals surface area contributed by atoms with Gasteiger partial charge < -0.3 is 4.90 Å². The lowest BCUT2D eigenvalue weighted by atomic mass is 10.1. The third-order valence-corrected chi connectivity index (χ3v) is 2.44. The minimum atomic E-state index is -0.184. The van der Waals surface area contributed by atoms with Crippen molar-refractivity contribution in [3.63, 3.8) is 0 Å². The number of hydrogen-bond donors (Lipinski definition) is 0. The van der Waals surface area contributed by atoms with E-state index in [0.29, 0.717) is 18.7 Å². The Bertz CT molecular complexity index is 398. The minimum absolute atomic E-state index is 0.136. The Morgan fingerprint density at radius 2 is 1.94 bits per heavy atom. The van der Waals surface area contributed by atoms with Crippen LogP contribution >= 0.6 is 0 Å². The minimum Gasteiger partial charge on any atom is -0.338 e. The van der Waals surface area contributed by atoms with Crippen LogP contribution in [0.25, 0.3) is 0 Å². The molecule has 0 saturated carbocycles. The molecule has 0 N–H and O–H groups in total. The van der Waals surface area contributed by atoms with Crippen LogP contribution in [0.15, 0.2) is 18.3 Å². The summed E-state index contributed by atoms with van der Waals surface area (Å²) in [5.74, 6) is -0.320. The summed E-state index contributed by atoms with van der Waals surface area (Å²) in [6.45, 7) is 6.47. The highest BCUT2D eigenvalue weighted by molar-refractivity contribution is 6.05. The Morgan fingerprint density at radius 3 is 2.44 bits per heavy atom. The average molecular weight is 220 g/mol. The van der Waals surface area contributed by atoms with Gasteiger partial charge in [0.1, 0.15) is 5.69 Å². The first kappa shape index (κ1) is 12.4. The molecule has 0 unspecified atom stereocenters. The largest absolute Gasteiger partial charge is 0.338 e. The zero-order chi connectivity index (χ0) is 12.1. The Kier molecular flexibility index (Phi) is 4.17. The van der Waals surface area contributed by atoms with Crippen LogP contribution in [0.2, 0.25) is 0 Å². The fourth-order valence-electron chi connectivity index (χ4n) is 1.52. The lowest BCUT2D eigenvalue weighted by molar-refractivity contribution is 0.0761. The molecule has 0 atom stereocenters. The maximum atomic E-state index is 12.0. The average Bonchev–Trinajstić information content (AvgIpc) is 2.30. The van der Waals surface area contributed by atoms with E-state index in [1.807, 2.05) is 13.8 Å². The molecular weight excluding hydrogens is 204 g/mol. The van der Waals surface area contributed by atoms with Crippen molar-refractivity contribution in [2.45, 2.75) is 20.8 Å². The zero-order valence-electron chi connectivity index (χ0n) is 9.86. The van der Waals surface area contributed by atoms with E-state index in [0.717, 1.165) is 0 Å². The summed E-state index contributed by atoms with van der Waals surface area (Å²) in [4.78, 5) is 29.1. The van der Waals surface area contributed by atoms with E-state index < -0.39 is 0 Å². The molecule has 1 aromatic rings. The van der Waals surface area contributed by atoms with Crippen LogP contribution in [0, 0.1) is 0 Å². The van der Waals surface area contributed by atoms with Crippen molar-refractivity contribution in [3.8, 4) is 0 Å². The highest BCUT2D eigenvalue weighted by Crippen LogP contribution is 2.09. The molecule has 0 aliphatic rings. The van der Waals surface area contributed by atoms with Gasteiger partial charge in [0.05, 0.1) is 0 Å². The summed E-state index contributed by atoms with van der Waals surface area (Å²) in [7, 11) is 0. The normalized spacial score (nSPS) is 9.94. The van der Waals surface area contributed by atoms with Crippen molar-refractivity contribution in [2.75, 3.05) is 13.1 Å². The summed E-state index contributed by atoms with van der Waals surface area (Å²) in [6, 6.07) is 3.29. The predicted octanol–water partition coefficient (Wildman–Crippen LogP) is 1.77. The number of nitrogens with zero attached hydrogens (tertiary/aromatic N) is 2. The first-order chi connectivity index (χ1) is 7.61. The quantitative estimate of drug-likeness (QED) is 0.726. The first-order valence-corrected chi connectivity index (χ1v) is 5.37. The molecule has 0 bridgehead atoms. The molecule has 1 aromatic heterocycles. The second-order valence-electron chi connectivity index (χ2n) is 3.43. The van der Waals surface area contributed by atoms with E-state index in [1.165, 1.54) is 13.1 Å². The zero-order valence-corrected chi connectivity index (χ0v) is 9.86. The molecule has 0 spiro atoms. The van der Waals surface area contributed by atoms with Crippen molar-refractivity contribution in [3.05, 3.63) is 29.6 Å². The van der Waals surface area contributed by atoms with Gasteiger partial charge in [0.15, 0.2) is 5.78 Å². The molecule has 0 aliphatic carbocycles. The molecular formula is C12H16N2O2. The molecule has 4 heteroatoms. The van der Waals surface area contributed by atoms with Gasteiger partial charge in [0.2, 0.25) is 0 Å². The third-order valence-electron chi connectivity index (χ3n) is 2.44. The molecule has 86 valence electrons. The van der Waals surface area contributed by atoms with Gasteiger partial charge in [-0.15, -0.1) is 0 Å².